The number of piperidine rings is 1. The molecular weight excluding hydrogens is 465 g/mol. The third-order valence-corrected chi connectivity index (χ3v) is 7.39. The number of hydrogen-bond acceptors (Lipinski definition) is 8. The number of halogens is 1. The Bertz CT molecular complexity index is 1350. The summed E-state index contributed by atoms with van der Waals surface area (Å²) in [4.78, 5) is 12.6. The Balaban J connectivity index is 1.44. The maximum absolute atomic E-state index is 14.3. The molecule has 10 heteroatoms. The number of nitrogens with one attached hydrogen (secondary N) is 2. The zero-order chi connectivity index (χ0) is 24.7. The average Bonchev–Trinajstić information content (AvgIpc) is 3.40. The summed E-state index contributed by atoms with van der Waals surface area (Å²) in [5.74, 6) is 0.578. The number of hydrogen-bond donors (Lipinski definition) is 3. The van der Waals surface area contributed by atoms with Crippen LogP contribution >= 0.6 is 11.3 Å². The predicted octanol–water partition coefficient (Wildman–Crippen LogP) is 5.32. The predicted molar refractivity (Wildman–Crippen MR) is 138 cm³/mol. The van der Waals surface area contributed by atoms with Crippen LogP contribution in [0.1, 0.15) is 43.9 Å². The number of nitrogens with zero attached hydrogens (tertiary/aromatic N) is 5. The standard InChI is InChI=1S/C25H30FN7OS/c1-15-14-35-23-21(15)22(28-18-10-16(25(2,3)34)9-17(26)11-18)30-24(31-23)29-19-12-27-33(13-19)20-5-7-32(4)8-6-20/h9-14,20,34H,5-8H2,1-4H3,(H2,28,29,30,31). The van der Waals surface area contributed by atoms with Gasteiger partial charge in [0.2, 0.25) is 5.95 Å². The molecule has 0 amide bonds. The lowest BCUT2D eigenvalue weighted by atomic mass is 9.98. The summed E-state index contributed by atoms with van der Waals surface area (Å²) in [6, 6.07) is 4.85. The summed E-state index contributed by atoms with van der Waals surface area (Å²) in [5, 5.41) is 24.4. The highest BCUT2D eigenvalue weighted by Crippen LogP contribution is 2.34. The third kappa shape index (κ3) is 5.14. The summed E-state index contributed by atoms with van der Waals surface area (Å²) in [6.45, 7) is 7.39. The second kappa shape index (κ2) is 9.18. The van der Waals surface area contributed by atoms with Crippen LogP contribution in [0.5, 0.6) is 0 Å². The van der Waals surface area contributed by atoms with Crippen LogP contribution < -0.4 is 10.6 Å². The molecule has 3 aromatic heterocycles. The van der Waals surface area contributed by atoms with Gasteiger partial charge in [0, 0.05) is 11.9 Å². The zero-order valence-corrected chi connectivity index (χ0v) is 21.2. The molecule has 1 aliphatic rings. The third-order valence-electron chi connectivity index (χ3n) is 6.40. The van der Waals surface area contributed by atoms with E-state index in [2.05, 4.69) is 27.7 Å². The van der Waals surface area contributed by atoms with E-state index in [0.717, 1.165) is 47.4 Å². The van der Waals surface area contributed by atoms with Crippen molar-refractivity contribution in [3.05, 3.63) is 52.9 Å². The van der Waals surface area contributed by atoms with E-state index in [1.54, 1.807) is 26.1 Å². The van der Waals surface area contributed by atoms with Gasteiger partial charge in [0.1, 0.15) is 16.5 Å². The summed E-state index contributed by atoms with van der Waals surface area (Å²) >= 11 is 1.53. The van der Waals surface area contributed by atoms with Gasteiger partial charge in [-0.05, 0) is 88.5 Å². The Morgan fingerprint density at radius 3 is 2.63 bits per heavy atom. The van der Waals surface area contributed by atoms with Crippen LogP contribution in [0.3, 0.4) is 0 Å². The van der Waals surface area contributed by atoms with Crippen LogP contribution in [0.2, 0.25) is 0 Å². The van der Waals surface area contributed by atoms with Crippen LogP contribution in [-0.4, -0.2) is 49.9 Å². The molecule has 1 aliphatic heterocycles. The minimum absolute atomic E-state index is 0.389. The number of fused-ring (bicyclic) bond motifs is 1. The highest BCUT2D eigenvalue weighted by Gasteiger charge is 2.21. The van der Waals surface area contributed by atoms with Crippen molar-refractivity contribution in [2.24, 2.45) is 0 Å². The molecular formula is C25H30FN7OS. The number of anilines is 4. The Kier molecular flexibility index (Phi) is 6.20. The summed E-state index contributed by atoms with van der Waals surface area (Å²) in [6.07, 6.45) is 5.94. The van der Waals surface area contributed by atoms with Crippen molar-refractivity contribution in [3.63, 3.8) is 0 Å². The molecule has 0 saturated carbocycles. The number of rotatable bonds is 6. The average molecular weight is 496 g/mol. The summed E-state index contributed by atoms with van der Waals surface area (Å²) in [5.41, 5.74) is 1.67. The Hall–Kier alpha value is -3.08. The van der Waals surface area contributed by atoms with Crippen LogP contribution in [0, 0.1) is 12.7 Å². The number of thiophene rings is 1. The number of aryl methyl sites for hydroxylation is 1. The highest BCUT2D eigenvalue weighted by atomic mass is 32.1. The van der Waals surface area contributed by atoms with E-state index in [9.17, 15) is 9.50 Å². The topological polar surface area (TPSA) is 91.1 Å². The molecule has 4 aromatic rings. The van der Waals surface area contributed by atoms with Gasteiger partial charge in [-0.1, -0.05) is 0 Å². The Labute approximate surface area is 207 Å². The first-order valence-electron chi connectivity index (χ1n) is 11.7. The van der Waals surface area contributed by atoms with Crippen molar-refractivity contribution in [2.45, 2.75) is 45.3 Å². The van der Waals surface area contributed by atoms with Gasteiger partial charge in [0.05, 0.1) is 28.9 Å². The maximum atomic E-state index is 14.3. The Morgan fingerprint density at radius 2 is 1.89 bits per heavy atom. The van der Waals surface area contributed by atoms with E-state index in [-0.39, 0.29) is 0 Å². The normalized spacial score (nSPS) is 15.6. The van der Waals surface area contributed by atoms with Crippen LogP contribution in [0.4, 0.5) is 27.5 Å². The van der Waals surface area contributed by atoms with Crippen molar-refractivity contribution < 1.29 is 9.50 Å². The van der Waals surface area contributed by atoms with Crippen molar-refractivity contribution in [1.82, 2.24) is 24.6 Å². The number of aliphatic hydroxyl groups is 1. The van der Waals surface area contributed by atoms with Gasteiger partial charge in [-0.25, -0.2) is 9.37 Å². The Morgan fingerprint density at radius 1 is 1.11 bits per heavy atom. The van der Waals surface area contributed by atoms with Crippen molar-refractivity contribution in [2.75, 3.05) is 30.8 Å². The molecule has 3 N–H and O–H groups in total. The van der Waals surface area contributed by atoms with Gasteiger partial charge in [-0.15, -0.1) is 11.3 Å². The number of aromatic nitrogens is 4. The van der Waals surface area contributed by atoms with E-state index in [4.69, 9.17) is 9.97 Å². The largest absolute Gasteiger partial charge is 0.386 e. The van der Waals surface area contributed by atoms with Crippen LogP contribution in [0.25, 0.3) is 10.2 Å². The lowest BCUT2D eigenvalue weighted by molar-refractivity contribution is 0.0783. The van der Waals surface area contributed by atoms with Gasteiger partial charge < -0.3 is 20.6 Å². The molecule has 0 spiro atoms. The van der Waals surface area contributed by atoms with Crippen LogP contribution in [0.15, 0.2) is 36.0 Å². The smallest absolute Gasteiger partial charge is 0.230 e. The van der Waals surface area contributed by atoms with E-state index in [1.807, 2.05) is 23.2 Å². The first-order valence-corrected chi connectivity index (χ1v) is 12.6. The van der Waals surface area contributed by atoms with E-state index in [0.29, 0.717) is 29.1 Å². The van der Waals surface area contributed by atoms with E-state index < -0.39 is 11.4 Å². The van der Waals surface area contributed by atoms with Gasteiger partial charge >= 0.3 is 0 Å². The van der Waals surface area contributed by atoms with E-state index >= 15 is 0 Å². The molecule has 1 fully saturated rings. The lowest BCUT2D eigenvalue weighted by Gasteiger charge is -2.28. The van der Waals surface area contributed by atoms with Gasteiger partial charge in [0.15, 0.2) is 0 Å². The quantitative estimate of drug-likeness (QED) is 0.334. The SMILES string of the molecule is Cc1csc2nc(Nc3cnn(C4CCN(C)CC4)c3)nc(Nc3cc(F)cc(C(C)(C)O)c3)c12. The maximum Gasteiger partial charge on any atom is 0.230 e. The van der Waals surface area contributed by atoms with Gasteiger partial charge in [0.25, 0.3) is 0 Å². The molecule has 1 saturated heterocycles. The fourth-order valence-corrected chi connectivity index (χ4v) is 5.29. The molecule has 0 bridgehead atoms. The molecule has 5 rings (SSSR count). The fraction of sp³-hybridized carbons (Fsp3) is 0.400. The summed E-state index contributed by atoms with van der Waals surface area (Å²) < 4.78 is 16.4. The molecule has 4 heterocycles. The molecule has 0 aliphatic carbocycles. The number of benzene rings is 1. The molecule has 0 unspecified atom stereocenters. The van der Waals surface area contributed by atoms with Gasteiger partial charge in [-0.3, -0.25) is 4.68 Å². The molecule has 0 radical (unpaired) electrons. The lowest BCUT2D eigenvalue weighted by Crippen LogP contribution is -2.31. The molecule has 1 aromatic carbocycles. The summed E-state index contributed by atoms with van der Waals surface area (Å²) in [7, 11) is 2.15. The second-order valence-electron chi connectivity index (χ2n) is 9.78. The zero-order valence-electron chi connectivity index (χ0n) is 20.3. The first kappa shape index (κ1) is 23.7. The molecule has 35 heavy (non-hydrogen) atoms. The minimum Gasteiger partial charge on any atom is -0.386 e. The van der Waals surface area contributed by atoms with E-state index in [1.165, 1.54) is 23.5 Å². The molecule has 0 atom stereocenters. The fourth-order valence-electron chi connectivity index (χ4n) is 4.37. The minimum atomic E-state index is -1.17. The molecule has 184 valence electrons. The van der Waals surface area contributed by atoms with Crippen molar-refractivity contribution in [3.8, 4) is 0 Å². The highest BCUT2D eigenvalue weighted by molar-refractivity contribution is 7.17. The first-order chi connectivity index (χ1) is 16.7. The van der Waals surface area contributed by atoms with Crippen LogP contribution in [-0.2, 0) is 5.60 Å². The second-order valence-corrected chi connectivity index (χ2v) is 10.6. The van der Waals surface area contributed by atoms with Crippen molar-refractivity contribution >= 4 is 44.7 Å². The molecule has 8 nitrogen and oxygen atoms in total. The van der Waals surface area contributed by atoms with Crippen molar-refractivity contribution in [1.29, 1.82) is 0 Å². The number of likely N-dealkylation sites (tertiary alicyclic amines) is 1. The monoisotopic (exact) mass is 495 g/mol. The van der Waals surface area contributed by atoms with Gasteiger partial charge in [-0.2, -0.15) is 10.1 Å².